The summed E-state index contributed by atoms with van der Waals surface area (Å²) in [6, 6.07) is 4.76. The van der Waals surface area contributed by atoms with Crippen LogP contribution in [-0.2, 0) is 15.6 Å². The van der Waals surface area contributed by atoms with E-state index in [1.807, 2.05) is 20.8 Å². The van der Waals surface area contributed by atoms with Gasteiger partial charge in [0.05, 0.1) is 0 Å². The smallest absolute Gasteiger partial charge is 0.407 e. The first-order valence-electron chi connectivity index (χ1n) is 10.1. The molecule has 0 aromatic heterocycles. The fraction of sp³-hybridized carbons (Fsp3) is 0.625. The Kier molecular flexibility index (Phi) is 6.13. The maximum atomic E-state index is 11.7. The van der Waals surface area contributed by atoms with Gasteiger partial charge in [-0.2, -0.15) is 0 Å². The number of carbonyl (C=O) groups excluding carboxylic acids is 1. The minimum Gasteiger partial charge on any atom is -0.444 e. The van der Waals surface area contributed by atoms with Gasteiger partial charge in [-0.25, -0.2) is 4.79 Å². The zero-order chi connectivity index (χ0) is 20.5. The normalized spacial score (nSPS) is 18.2. The van der Waals surface area contributed by atoms with Gasteiger partial charge in [0.1, 0.15) is 5.60 Å². The predicted octanol–water partition coefficient (Wildman–Crippen LogP) is 6.27. The maximum absolute atomic E-state index is 11.7. The predicted molar refractivity (Wildman–Crippen MR) is 114 cm³/mol. The van der Waals surface area contributed by atoms with Crippen LogP contribution < -0.4 is 5.32 Å². The van der Waals surface area contributed by atoms with Crippen molar-refractivity contribution in [1.82, 2.24) is 5.32 Å². The molecule has 1 amide bonds. The number of benzene rings is 1. The summed E-state index contributed by atoms with van der Waals surface area (Å²) in [5.41, 5.74) is 5.58. The topological polar surface area (TPSA) is 38.3 Å². The number of hydrogen-bond donors (Lipinski definition) is 1. The van der Waals surface area contributed by atoms with Crippen molar-refractivity contribution >= 4 is 12.2 Å². The van der Waals surface area contributed by atoms with Gasteiger partial charge >= 0.3 is 6.09 Å². The van der Waals surface area contributed by atoms with Crippen molar-refractivity contribution in [2.75, 3.05) is 6.54 Å². The monoisotopic (exact) mass is 371 g/mol. The molecule has 1 aliphatic carbocycles. The summed E-state index contributed by atoms with van der Waals surface area (Å²) in [4.78, 5) is 11.7. The maximum Gasteiger partial charge on any atom is 0.407 e. The molecule has 0 saturated carbocycles. The van der Waals surface area contributed by atoms with E-state index in [-0.39, 0.29) is 16.9 Å². The van der Waals surface area contributed by atoms with E-state index < -0.39 is 5.60 Å². The van der Waals surface area contributed by atoms with Gasteiger partial charge in [-0.3, -0.25) is 0 Å². The lowest BCUT2D eigenvalue weighted by molar-refractivity contribution is 0.0529. The number of fused-ring (bicyclic) bond motifs is 1. The molecule has 27 heavy (non-hydrogen) atoms. The Morgan fingerprint density at radius 2 is 1.67 bits per heavy atom. The molecule has 0 bridgehead atoms. The summed E-state index contributed by atoms with van der Waals surface area (Å²) < 4.78 is 5.25. The van der Waals surface area contributed by atoms with Gasteiger partial charge in [0.2, 0.25) is 0 Å². The van der Waals surface area contributed by atoms with Gasteiger partial charge in [-0.15, -0.1) is 0 Å². The summed E-state index contributed by atoms with van der Waals surface area (Å²) in [7, 11) is 0. The Hall–Kier alpha value is -1.77. The first kappa shape index (κ1) is 21.5. The third kappa shape index (κ3) is 5.60. The van der Waals surface area contributed by atoms with Gasteiger partial charge in [-0.1, -0.05) is 52.0 Å². The molecule has 0 fully saturated rings. The third-order valence-corrected chi connectivity index (χ3v) is 5.52. The standard InChI is InChI=1S/C24H37NO2/c1-17-15-19-20(24(7,8)13-12-23(19,5)6)16-18(17)11-9-10-14-25-21(26)27-22(2,3)4/h9,11,15-16H,10,12-14H2,1-8H3,(H,25,26). The second kappa shape index (κ2) is 7.69. The molecule has 0 spiro atoms. The minimum atomic E-state index is -0.458. The molecule has 0 saturated heterocycles. The van der Waals surface area contributed by atoms with Crippen LogP contribution in [0.5, 0.6) is 0 Å². The number of alkyl carbamates (subject to hydrolysis) is 1. The van der Waals surface area contributed by atoms with Crippen LogP contribution in [0.1, 0.15) is 90.0 Å². The highest BCUT2D eigenvalue weighted by molar-refractivity contribution is 5.67. The lowest BCUT2D eigenvalue weighted by Crippen LogP contribution is -2.34. The number of ether oxygens (including phenoxy) is 1. The number of rotatable bonds is 4. The summed E-state index contributed by atoms with van der Waals surface area (Å²) in [5.74, 6) is 0. The van der Waals surface area contributed by atoms with E-state index in [4.69, 9.17) is 4.74 Å². The second-order valence-corrected chi connectivity index (χ2v) is 10.1. The number of carbonyl (C=O) groups is 1. The molecular formula is C24H37NO2. The van der Waals surface area contributed by atoms with Crippen molar-refractivity contribution < 1.29 is 9.53 Å². The average Bonchev–Trinajstić information content (AvgIpc) is 2.51. The third-order valence-electron chi connectivity index (χ3n) is 5.52. The molecule has 1 aromatic rings. The lowest BCUT2D eigenvalue weighted by atomic mass is 9.62. The first-order chi connectivity index (χ1) is 12.3. The molecule has 0 aliphatic heterocycles. The highest BCUT2D eigenvalue weighted by Crippen LogP contribution is 2.46. The zero-order valence-corrected chi connectivity index (χ0v) is 18.5. The molecule has 0 unspecified atom stereocenters. The van der Waals surface area contributed by atoms with Crippen molar-refractivity contribution in [3.8, 4) is 0 Å². The summed E-state index contributed by atoms with van der Waals surface area (Å²) in [6.07, 6.45) is 7.20. The number of hydrogen-bond acceptors (Lipinski definition) is 2. The molecule has 1 aromatic carbocycles. The molecular weight excluding hydrogens is 334 g/mol. The van der Waals surface area contributed by atoms with E-state index in [0.29, 0.717) is 6.54 Å². The SMILES string of the molecule is Cc1cc2c(cc1C=CCCNC(=O)OC(C)(C)C)C(C)(C)CCC2(C)C. The highest BCUT2D eigenvalue weighted by atomic mass is 16.6. The number of nitrogens with one attached hydrogen (secondary N) is 1. The Balaban J connectivity index is 2.05. The molecule has 3 nitrogen and oxygen atoms in total. The van der Waals surface area contributed by atoms with Gasteiger partial charge in [0.25, 0.3) is 0 Å². The summed E-state index contributed by atoms with van der Waals surface area (Å²) in [6.45, 7) is 17.8. The fourth-order valence-electron chi connectivity index (χ4n) is 3.70. The van der Waals surface area contributed by atoms with Crippen LogP contribution in [0, 0.1) is 6.92 Å². The van der Waals surface area contributed by atoms with Crippen LogP contribution in [-0.4, -0.2) is 18.2 Å². The number of amides is 1. The van der Waals surface area contributed by atoms with Crippen molar-refractivity contribution in [1.29, 1.82) is 0 Å². The van der Waals surface area contributed by atoms with Gasteiger partial charge in [0.15, 0.2) is 0 Å². The van der Waals surface area contributed by atoms with Crippen LogP contribution >= 0.6 is 0 Å². The molecule has 1 aliphatic rings. The second-order valence-electron chi connectivity index (χ2n) is 10.1. The first-order valence-corrected chi connectivity index (χ1v) is 10.1. The molecule has 0 radical (unpaired) electrons. The average molecular weight is 372 g/mol. The van der Waals surface area contributed by atoms with Gasteiger partial charge < -0.3 is 10.1 Å². The van der Waals surface area contributed by atoms with Crippen molar-refractivity contribution in [3.63, 3.8) is 0 Å². The van der Waals surface area contributed by atoms with Crippen molar-refractivity contribution in [3.05, 3.63) is 40.5 Å². The lowest BCUT2D eigenvalue weighted by Gasteiger charge is -2.42. The summed E-state index contributed by atoms with van der Waals surface area (Å²) in [5, 5.41) is 2.80. The van der Waals surface area contributed by atoms with E-state index >= 15 is 0 Å². The molecule has 0 atom stereocenters. The van der Waals surface area contributed by atoms with Crippen molar-refractivity contribution in [2.45, 2.75) is 91.1 Å². The van der Waals surface area contributed by atoms with Gasteiger partial charge in [-0.05, 0) is 80.0 Å². The van der Waals surface area contributed by atoms with Crippen LogP contribution in [0.2, 0.25) is 0 Å². The van der Waals surface area contributed by atoms with E-state index in [2.05, 4.69) is 64.2 Å². The molecule has 3 heteroatoms. The molecule has 2 rings (SSSR count). The minimum absolute atomic E-state index is 0.222. The van der Waals surface area contributed by atoms with E-state index in [1.165, 1.54) is 35.1 Å². The van der Waals surface area contributed by atoms with Crippen LogP contribution in [0.15, 0.2) is 18.2 Å². The Bertz CT molecular complexity index is 721. The Labute approximate surface area is 165 Å². The molecule has 0 heterocycles. The van der Waals surface area contributed by atoms with E-state index in [1.54, 1.807) is 0 Å². The summed E-state index contributed by atoms with van der Waals surface area (Å²) >= 11 is 0. The Morgan fingerprint density at radius 1 is 1.11 bits per heavy atom. The number of aryl methyl sites for hydroxylation is 1. The van der Waals surface area contributed by atoms with Crippen molar-refractivity contribution in [2.24, 2.45) is 0 Å². The molecule has 150 valence electrons. The fourth-order valence-corrected chi connectivity index (χ4v) is 3.70. The molecule has 1 N–H and O–H groups in total. The van der Waals surface area contributed by atoms with E-state index in [9.17, 15) is 4.79 Å². The Morgan fingerprint density at radius 3 is 2.22 bits per heavy atom. The van der Waals surface area contributed by atoms with Crippen LogP contribution in [0.3, 0.4) is 0 Å². The van der Waals surface area contributed by atoms with Crippen LogP contribution in [0.4, 0.5) is 4.79 Å². The quantitative estimate of drug-likeness (QED) is 0.633. The van der Waals surface area contributed by atoms with Crippen LogP contribution in [0.25, 0.3) is 6.08 Å². The van der Waals surface area contributed by atoms with Gasteiger partial charge in [0, 0.05) is 6.54 Å². The highest BCUT2D eigenvalue weighted by Gasteiger charge is 2.37. The van der Waals surface area contributed by atoms with E-state index in [0.717, 1.165) is 6.42 Å². The largest absolute Gasteiger partial charge is 0.444 e. The zero-order valence-electron chi connectivity index (χ0n) is 18.5.